The van der Waals surface area contributed by atoms with Gasteiger partial charge in [0.2, 0.25) is 11.7 Å². The molecule has 0 fully saturated rings. The van der Waals surface area contributed by atoms with Crippen molar-refractivity contribution in [2.75, 3.05) is 18.8 Å². The van der Waals surface area contributed by atoms with Crippen molar-refractivity contribution in [3.05, 3.63) is 45.7 Å². The molecule has 4 rings (SSSR count). The van der Waals surface area contributed by atoms with Crippen molar-refractivity contribution in [2.24, 2.45) is 0 Å². The van der Waals surface area contributed by atoms with Gasteiger partial charge < -0.3 is 4.90 Å². The van der Waals surface area contributed by atoms with Gasteiger partial charge in [-0.1, -0.05) is 49.9 Å². The summed E-state index contributed by atoms with van der Waals surface area (Å²) in [5.74, 6) is 0.823. The molecular formula is C24H31N5O2S. The molecule has 1 amide bonds. The number of fused-ring (bicyclic) bond motifs is 4. The average Bonchev–Trinajstić information content (AvgIpc) is 3.16. The second-order valence-electron chi connectivity index (χ2n) is 8.48. The molecule has 7 nitrogen and oxygen atoms in total. The van der Waals surface area contributed by atoms with Gasteiger partial charge in [-0.15, -0.1) is 5.10 Å². The van der Waals surface area contributed by atoms with Crippen molar-refractivity contribution in [3.63, 3.8) is 0 Å². The van der Waals surface area contributed by atoms with Crippen molar-refractivity contribution >= 4 is 23.4 Å². The molecule has 2 aromatic heterocycles. The fraction of sp³-hybridized carbons (Fsp3) is 0.500. The van der Waals surface area contributed by atoms with Crippen LogP contribution >= 0.6 is 11.8 Å². The molecule has 1 atom stereocenters. The Hall–Kier alpha value is -2.61. The average molecular weight is 454 g/mol. The molecule has 32 heavy (non-hydrogen) atoms. The minimum absolute atomic E-state index is 0.0468. The summed E-state index contributed by atoms with van der Waals surface area (Å²) in [7, 11) is 0. The minimum Gasteiger partial charge on any atom is -0.343 e. The molecule has 0 spiro atoms. The van der Waals surface area contributed by atoms with Gasteiger partial charge in [0.25, 0.3) is 5.56 Å². The van der Waals surface area contributed by atoms with Gasteiger partial charge in [0.05, 0.1) is 17.0 Å². The van der Waals surface area contributed by atoms with Crippen molar-refractivity contribution in [1.29, 1.82) is 0 Å². The molecule has 0 saturated carbocycles. The fourth-order valence-electron chi connectivity index (χ4n) is 4.60. The predicted molar refractivity (Wildman–Crippen MR) is 128 cm³/mol. The first kappa shape index (κ1) is 22.6. The number of aryl methyl sites for hydroxylation is 1. The van der Waals surface area contributed by atoms with Gasteiger partial charge in [-0.3, -0.25) is 9.59 Å². The van der Waals surface area contributed by atoms with Crippen LogP contribution in [0, 0.1) is 0 Å². The second kappa shape index (κ2) is 8.73. The van der Waals surface area contributed by atoms with Gasteiger partial charge in [-0.2, -0.15) is 0 Å². The van der Waals surface area contributed by atoms with E-state index in [1.807, 2.05) is 32.9 Å². The number of aromatic nitrogens is 4. The lowest BCUT2D eigenvalue weighted by molar-refractivity contribution is -0.127. The molecule has 1 aliphatic carbocycles. The third-order valence-electron chi connectivity index (χ3n) is 6.67. The van der Waals surface area contributed by atoms with E-state index in [-0.39, 0.29) is 22.6 Å². The SMILES string of the molecule is CCN(CC)C(=O)CSc1nn(CC)c2nc3c(c(=O)n12)C(C)(CC)Cc1ccccc1-3. The number of amides is 1. The van der Waals surface area contributed by atoms with Crippen molar-refractivity contribution in [1.82, 2.24) is 24.1 Å². The van der Waals surface area contributed by atoms with E-state index in [1.54, 1.807) is 14.0 Å². The highest BCUT2D eigenvalue weighted by molar-refractivity contribution is 7.99. The number of carbonyl (C=O) groups excluding carboxylic acids is 1. The number of hydrogen-bond donors (Lipinski definition) is 0. The van der Waals surface area contributed by atoms with Crippen LogP contribution < -0.4 is 5.56 Å². The Morgan fingerprint density at radius 2 is 1.91 bits per heavy atom. The van der Waals surface area contributed by atoms with Crippen molar-refractivity contribution in [3.8, 4) is 11.3 Å². The lowest BCUT2D eigenvalue weighted by Gasteiger charge is -2.35. The molecule has 0 saturated heterocycles. The number of nitrogens with zero attached hydrogens (tertiary/aromatic N) is 5. The number of carbonyl (C=O) groups is 1. The molecule has 0 N–H and O–H groups in total. The van der Waals surface area contributed by atoms with Gasteiger partial charge in [0, 0.05) is 30.6 Å². The predicted octanol–water partition coefficient (Wildman–Crippen LogP) is 3.76. The van der Waals surface area contributed by atoms with Gasteiger partial charge in [-0.05, 0) is 39.2 Å². The van der Waals surface area contributed by atoms with Crippen LogP contribution in [0.15, 0.2) is 34.2 Å². The summed E-state index contributed by atoms with van der Waals surface area (Å²) in [4.78, 5) is 33.3. The van der Waals surface area contributed by atoms with E-state index in [0.717, 1.165) is 29.7 Å². The standard InChI is InChI=1S/C24H31N5O2S/c1-6-24(5)14-16-12-10-11-13-17(16)20-19(24)21(31)29-22(25-20)28(9-4)26-23(29)32-15-18(30)27(7-2)8-3/h10-13H,6-9,14-15H2,1-5H3. The largest absolute Gasteiger partial charge is 0.343 e. The van der Waals surface area contributed by atoms with E-state index in [9.17, 15) is 9.59 Å². The third-order valence-corrected chi connectivity index (χ3v) is 7.59. The van der Waals surface area contributed by atoms with Crippen LogP contribution in [-0.2, 0) is 23.2 Å². The van der Waals surface area contributed by atoms with E-state index < -0.39 is 0 Å². The highest BCUT2D eigenvalue weighted by Crippen LogP contribution is 2.42. The lowest BCUT2D eigenvalue weighted by atomic mass is 9.69. The Morgan fingerprint density at radius 1 is 1.19 bits per heavy atom. The third kappa shape index (κ3) is 3.54. The van der Waals surface area contributed by atoms with Crippen LogP contribution in [0.5, 0.6) is 0 Å². The number of hydrogen-bond acceptors (Lipinski definition) is 5. The normalized spacial score (nSPS) is 17.3. The summed E-state index contributed by atoms with van der Waals surface area (Å²) >= 11 is 1.31. The Morgan fingerprint density at radius 3 is 2.56 bits per heavy atom. The molecule has 8 heteroatoms. The van der Waals surface area contributed by atoms with E-state index in [4.69, 9.17) is 4.98 Å². The van der Waals surface area contributed by atoms with Crippen LogP contribution in [0.2, 0.25) is 0 Å². The molecule has 2 heterocycles. The molecule has 0 bridgehead atoms. The van der Waals surface area contributed by atoms with E-state index in [2.05, 4.69) is 31.1 Å². The molecule has 1 aromatic carbocycles. The quantitative estimate of drug-likeness (QED) is 0.509. The zero-order chi connectivity index (χ0) is 23.0. The maximum absolute atomic E-state index is 14.0. The number of benzene rings is 1. The first-order chi connectivity index (χ1) is 15.4. The van der Waals surface area contributed by atoms with Crippen LogP contribution in [0.1, 0.15) is 52.2 Å². The van der Waals surface area contributed by atoms with Crippen molar-refractivity contribution in [2.45, 2.75) is 64.6 Å². The Bertz CT molecular complexity index is 1230. The maximum Gasteiger partial charge on any atom is 0.265 e. The summed E-state index contributed by atoms with van der Waals surface area (Å²) in [5.41, 5.74) is 3.41. The van der Waals surface area contributed by atoms with Crippen LogP contribution in [0.3, 0.4) is 0 Å². The lowest BCUT2D eigenvalue weighted by Crippen LogP contribution is -2.38. The van der Waals surface area contributed by atoms with Gasteiger partial charge in [0.15, 0.2) is 5.16 Å². The maximum atomic E-state index is 14.0. The summed E-state index contributed by atoms with van der Waals surface area (Å²) in [6.07, 6.45) is 1.64. The van der Waals surface area contributed by atoms with Gasteiger partial charge >= 0.3 is 0 Å². The van der Waals surface area contributed by atoms with E-state index >= 15 is 0 Å². The monoisotopic (exact) mass is 453 g/mol. The van der Waals surface area contributed by atoms with E-state index in [0.29, 0.717) is 30.6 Å². The summed E-state index contributed by atoms with van der Waals surface area (Å²) in [5, 5.41) is 5.19. The van der Waals surface area contributed by atoms with Gasteiger partial charge in [0.1, 0.15) is 0 Å². The Kier molecular flexibility index (Phi) is 6.16. The summed E-state index contributed by atoms with van der Waals surface area (Å²) in [6, 6.07) is 8.23. The van der Waals surface area contributed by atoms with Crippen molar-refractivity contribution < 1.29 is 4.79 Å². The highest BCUT2D eigenvalue weighted by atomic mass is 32.2. The summed E-state index contributed by atoms with van der Waals surface area (Å²) in [6.45, 7) is 12.1. The molecule has 1 unspecified atom stereocenters. The highest BCUT2D eigenvalue weighted by Gasteiger charge is 2.38. The van der Waals surface area contributed by atoms with Crippen LogP contribution in [0.25, 0.3) is 17.0 Å². The topological polar surface area (TPSA) is 72.5 Å². The minimum atomic E-state index is -0.303. The number of thioether (sulfide) groups is 1. The fourth-order valence-corrected chi connectivity index (χ4v) is 5.49. The zero-order valence-electron chi connectivity index (χ0n) is 19.5. The molecule has 0 radical (unpaired) electrons. The second-order valence-corrected chi connectivity index (χ2v) is 9.42. The molecule has 3 aromatic rings. The Balaban J connectivity index is 1.90. The van der Waals surface area contributed by atoms with Crippen LogP contribution in [0.4, 0.5) is 0 Å². The molecule has 1 aliphatic rings. The van der Waals surface area contributed by atoms with E-state index in [1.165, 1.54) is 17.3 Å². The summed E-state index contributed by atoms with van der Waals surface area (Å²) < 4.78 is 3.37. The Labute approximate surface area is 192 Å². The molecule has 170 valence electrons. The van der Waals surface area contributed by atoms with Gasteiger partial charge in [-0.25, -0.2) is 14.1 Å². The smallest absolute Gasteiger partial charge is 0.265 e. The first-order valence-electron chi connectivity index (χ1n) is 11.4. The first-order valence-corrected chi connectivity index (χ1v) is 12.4. The molecule has 0 aliphatic heterocycles. The zero-order valence-corrected chi connectivity index (χ0v) is 20.3. The molecular weight excluding hydrogens is 422 g/mol. The number of rotatable bonds is 7. The van der Waals surface area contributed by atoms with Crippen LogP contribution in [-0.4, -0.2) is 48.8 Å².